The lowest BCUT2D eigenvalue weighted by Gasteiger charge is -2.30. The molecule has 422 valence electrons. The number of imide groups is 1. The van der Waals surface area contributed by atoms with Gasteiger partial charge in [-0.05, 0) is 143 Å². The summed E-state index contributed by atoms with van der Waals surface area (Å²) >= 11 is 0.872. The van der Waals surface area contributed by atoms with Crippen LogP contribution in [-0.2, 0) is 78.6 Å². The number of ether oxygens (including phenoxy) is 5. The first kappa shape index (κ1) is 60.0. The van der Waals surface area contributed by atoms with Gasteiger partial charge in [-0.25, -0.2) is 10.1 Å². The van der Waals surface area contributed by atoms with Crippen molar-refractivity contribution in [1.29, 1.82) is 0 Å². The minimum absolute atomic E-state index is 0.0432. The third-order valence-electron chi connectivity index (χ3n) is 14.4. The molecule has 0 bridgehead atoms. The average Bonchev–Trinajstić information content (AvgIpc) is 3.98. The zero-order chi connectivity index (χ0) is 56.6. The Morgan fingerprint density at radius 1 is 0.769 bits per heavy atom. The molecule has 3 aliphatic heterocycles. The molecular formula is C54H66N3O18S3+. The standard InChI is InChI=1S/C54H65N3O18S3/c1-35-31-40(76-75-74-61)33-43-50(35)55(24-29-70-7)45(53(43,3)22-27-68-5)17-11-37-9-8-10-38(52(37)72-39-13-15-41(16-14-39)77(62,63)64)12-18-46-54(4,23-28-69-6)44-34-42(78(65,66)67)32-36(2)51(44)56(46)25-30-71-26-21-49(60)73-57-47(58)19-20-48(57)59/h11-18,31-34H,8-10,19-30H2,1-7H3,(H2-,61,62,63,64,65,66,67)/p+1. The molecule has 3 N–H and O–H groups in total. The van der Waals surface area contributed by atoms with Gasteiger partial charge < -0.3 is 33.4 Å². The number of hydroxylamine groups is 2. The third kappa shape index (κ3) is 13.3. The summed E-state index contributed by atoms with van der Waals surface area (Å²) in [6.45, 7) is 9.58. The van der Waals surface area contributed by atoms with Gasteiger partial charge in [-0.2, -0.15) is 21.4 Å². The average molecular weight is 1140 g/mol. The monoisotopic (exact) mass is 1140 g/mol. The first-order chi connectivity index (χ1) is 37.1. The number of aryl methyl sites for hydroxylation is 2. The lowest BCUT2D eigenvalue weighted by atomic mass is 9.76. The summed E-state index contributed by atoms with van der Waals surface area (Å²) < 4.78 is 107. The Morgan fingerprint density at radius 3 is 2.08 bits per heavy atom. The number of anilines is 1. The summed E-state index contributed by atoms with van der Waals surface area (Å²) in [7, 11) is -4.32. The van der Waals surface area contributed by atoms with Crippen molar-refractivity contribution < 1.29 is 88.1 Å². The third-order valence-corrected chi connectivity index (χ3v) is 16.6. The zero-order valence-electron chi connectivity index (χ0n) is 44.6. The van der Waals surface area contributed by atoms with Gasteiger partial charge in [0, 0.05) is 92.8 Å². The van der Waals surface area contributed by atoms with Gasteiger partial charge in [-0.1, -0.05) is 11.1 Å². The Labute approximate surface area is 458 Å². The van der Waals surface area contributed by atoms with Crippen molar-refractivity contribution in [3.63, 3.8) is 0 Å². The molecule has 2 unspecified atom stereocenters. The van der Waals surface area contributed by atoms with Gasteiger partial charge in [0.2, 0.25) is 5.69 Å². The van der Waals surface area contributed by atoms with Crippen molar-refractivity contribution in [2.45, 2.75) is 105 Å². The Hall–Kier alpha value is -5.61. The van der Waals surface area contributed by atoms with Crippen molar-refractivity contribution in [3.8, 4) is 5.75 Å². The SMILES string of the molecule is COCC[N+]1=C(/C=C/C2=C(Oc3ccc(S(=O)(=O)O)cc3)C(=C/C=C3/N(CCOCCC(=O)ON4C(=O)CCC4=O)c4c(C)cc(S(=O)(=O)O)cc4C3(C)CCOC)/CCC2)C(C)(CCOC)c2cc(SOOO)cc(C)c21. The molecule has 24 heteroatoms. The van der Waals surface area contributed by atoms with Crippen LogP contribution in [0.15, 0.2) is 110 Å². The summed E-state index contributed by atoms with van der Waals surface area (Å²) in [5, 5.41) is 13.4. The predicted molar refractivity (Wildman–Crippen MR) is 285 cm³/mol. The number of hydrogen-bond acceptors (Lipinski definition) is 18. The topological polar surface area (TPSA) is 264 Å². The molecule has 1 saturated heterocycles. The van der Waals surface area contributed by atoms with Crippen molar-refractivity contribution in [2.75, 3.05) is 72.4 Å². The van der Waals surface area contributed by atoms with Crippen LogP contribution in [0.4, 0.5) is 11.4 Å². The Balaban J connectivity index is 1.34. The van der Waals surface area contributed by atoms with Crippen LogP contribution >= 0.6 is 12.0 Å². The molecule has 78 heavy (non-hydrogen) atoms. The van der Waals surface area contributed by atoms with Crippen molar-refractivity contribution in [3.05, 3.63) is 118 Å². The molecule has 21 nitrogen and oxygen atoms in total. The number of nitrogens with zero attached hydrogens (tertiary/aromatic N) is 3. The largest absolute Gasteiger partial charge is 0.457 e. The van der Waals surface area contributed by atoms with E-state index in [4.69, 9.17) is 38.1 Å². The zero-order valence-corrected chi connectivity index (χ0v) is 47.0. The second kappa shape index (κ2) is 25.7. The van der Waals surface area contributed by atoms with Gasteiger partial charge in [0.05, 0.1) is 46.9 Å². The fourth-order valence-electron chi connectivity index (χ4n) is 10.5. The highest BCUT2D eigenvalue weighted by atomic mass is 32.2. The number of carbonyl (C=O) groups excluding carboxylic acids is 3. The van der Waals surface area contributed by atoms with Crippen LogP contribution in [0.25, 0.3) is 0 Å². The molecule has 0 spiro atoms. The molecule has 0 aromatic heterocycles. The molecule has 0 saturated carbocycles. The van der Waals surface area contributed by atoms with E-state index in [1.54, 1.807) is 28.3 Å². The predicted octanol–water partition coefficient (Wildman–Crippen LogP) is 7.98. The maximum atomic E-state index is 12.7. The van der Waals surface area contributed by atoms with Crippen molar-refractivity contribution in [1.82, 2.24) is 5.06 Å². The lowest BCUT2D eigenvalue weighted by Crippen LogP contribution is -2.33. The van der Waals surface area contributed by atoms with E-state index in [-0.39, 0.29) is 55.4 Å². The number of carbonyl (C=O) groups is 3. The van der Waals surface area contributed by atoms with Crippen LogP contribution in [-0.4, -0.2) is 132 Å². The number of benzene rings is 3. The minimum atomic E-state index is -4.65. The number of rotatable bonds is 26. The maximum absolute atomic E-state index is 12.7. The maximum Gasteiger partial charge on any atom is 0.335 e. The Kier molecular flexibility index (Phi) is 19.8. The van der Waals surface area contributed by atoms with Gasteiger partial charge in [-0.3, -0.25) is 18.7 Å². The lowest BCUT2D eigenvalue weighted by molar-refractivity contribution is -0.442. The van der Waals surface area contributed by atoms with Crippen LogP contribution in [0.1, 0.15) is 87.5 Å². The highest BCUT2D eigenvalue weighted by molar-refractivity contribution is 7.94. The summed E-state index contributed by atoms with van der Waals surface area (Å²) in [5.74, 6) is -1.24. The van der Waals surface area contributed by atoms with Crippen LogP contribution in [0.2, 0.25) is 0 Å². The molecule has 2 atom stereocenters. The second-order valence-electron chi connectivity index (χ2n) is 19.5. The second-order valence-corrected chi connectivity index (χ2v) is 23.2. The van der Waals surface area contributed by atoms with Crippen molar-refractivity contribution in [2.24, 2.45) is 0 Å². The number of hydrogen-bond donors (Lipinski definition) is 3. The van der Waals surface area contributed by atoms with E-state index in [1.807, 2.05) is 49.1 Å². The summed E-state index contributed by atoms with van der Waals surface area (Å²) in [6, 6.07) is 12.2. The van der Waals surface area contributed by atoms with E-state index in [9.17, 15) is 40.3 Å². The van der Waals surface area contributed by atoms with Crippen LogP contribution in [0, 0.1) is 13.8 Å². The molecule has 3 aromatic rings. The quantitative estimate of drug-likeness (QED) is 0.0131. The van der Waals surface area contributed by atoms with Crippen molar-refractivity contribution >= 4 is 67.1 Å². The molecule has 4 aliphatic rings. The van der Waals surface area contributed by atoms with E-state index < -0.39 is 48.8 Å². The van der Waals surface area contributed by atoms with Gasteiger partial charge in [-0.15, -0.1) is 9.40 Å². The first-order valence-electron chi connectivity index (χ1n) is 25.1. The number of allylic oxidation sites excluding steroid dienone is 7. The molecule has 3 heterocycles. The molecule has 7 rings (SSSR count). The normalized spacial score (nSPS) is 20.8. The van der Waals surface area contributed by atoms with E-state index in [0.29, 0.717) is 90.1 Å². The first-order valence-corrected chi connectivity index (χ1v) is 28.8. The highest BCUT2D eigenvalue weighted by Crippen LogP contribution is 2.53. The van der Waals surface area contributed by atoms with Crippen LogP contribution < -0.4 is 9.64 Å². The molecule has 1 fully saturated rings. The van der Waals surface area contributed by atoms with E-state index >= 15 is 0 Å². The fourth-order valence-corrected chi connectivity index (χ4v) is 12.0. The number of amides is 2. The van der Waals surface area contributed by atoms with Gasteiger partial charge >= 0.3 is 5.97 Å². The molecule has 1 aliphatic carbocycles. The Bertz CT molecular complexity index is 3150. The smallest absolute Gasteiger partial charge is 0.335 e. The van der Waals surface area contributed by atoms with E-state index in [2.05, 4.69) is 22.6 Å². The van der Waals surface area contributed by atoms with E-state index in [0.717, 1.165) is 51.4 Å². The van der Waals surface area contributed by atoms with E-state index in [1.165, 1.54) is 36.4 Å². The number of fused-ring (bicyclic) bond motifs is 2. The van der Waals surface area contributed by atoms with Crippen LogP contribution in [0.3, 0.4) is 0 Å². The van der Waals surface area contributed by atoms with Gasteiger partial charge in [0.15, 0.2) is 12.3 Å². The van der Waals surface area contributed by atoms with Gasteiger partial charge in [0.25, 0.3) is 32.1 Å². The van der Waals surface area contributed by atoms with Gasteiger partial charge in [0.1, 0.15) is 18.1 Å². The molecule has 2 amide bonds. The fraction of sp³-hybridized carbons (Fsp3) is 0.444. The number of methoxy groups -OCH3 is 3. The minimum Gasteiger partial charge on any atom is -0.457 e. The van der Waals surface area contributed by atoms with Crippen LogP contribution in [0.5, 0.6) is 5.75 Å². The molecule has 3 aromatic carbocycles. The summed E-state index contributed by atoms with van der Waals surface area (Å²) in [4.78, 5) is 43.8. The molecule has 0 radical (unpaired) electrons. The highest BCUT2D eigenvalue weighted by Gasteiger charge is 2.49. The summed E-state index contributed by atoms with van der Waals surface area (Å²) in [6.07, 6.45) is 10.4. The summed E-state index contributed by atoms with van der Waals surface area (Å²) in [5.41, 5.74) is 6.45. The molecular weight excluding hydrogens is 1070 g/mol. The Morgan fingerprint density at radius 2 is 1.44 bits per heavy atom.